The highest BCUT2D eigenvalue weighted by Gasteiger charge is 2.75. The van der Waals surface area contributed by atoms with Gasteiger partial charge in [0.1, 0.15) is 4.49 Å². The van der Waals surface area contributed by atoms with E-state index >= 15 is 0 Å². The quantitative estimate of drug-likeness (QED) is 0.549. The minimum absolute atomic E-state index is 0.0755. The van der Waals surface area contributed by atoms with Gasteiger partial charge in [-0.15, -0.1) is 11.6 Å². The third-order valence-corrected chi connectivity index (χ3v) is 4.95. The predicted octanol–water partition coefficient (Wildman–Crippen LogP) is 4.27. The zero-order chi connectivity index (χ0) is 11.3. The van der Waals surface area contributed by atoms with Crippen molar-refractivity contribution in [2.75, 3.05) is 0 Å². The largest absolute Gasteiger partial charge is 0.281 e. The molecule has 1 aliphatic rings. The van der Waals surface area contributed by atoms with E-state index < -0.39 is 21.4 Å². The summed E-state index contributed by atoms with van der Waals surface area (Å²) in [5.41, 5.74) is -0.528. The summed E-state index contributed by atoms with van der Waals surface area (Å²) >= 11 is 28.5. The molecule has 1 nitrogen and oxygen atoms in total. The third kappa shape index (κ3) is 1.58. The average molecular weight is 296 g/mol. The van der Waals surface area contributed by atoms with Gasteiger partial charge in [0.15, 0.2) is 0 Å². The zero-order valence-electron chi connectivity index (χ0n) is 7.38. The molecule has 0 aromatic heterocycles. The van der Waals surface area contributed by atoms with Crippen LogP contribution in [0.5, 0.6) is 0 Å². The first-order valence-corrected chi connectivity index (χ1v) is 5.65. The van der Waals surface area contributed by atoms with Crippen molar-refractivity contribution in [2.24, 2.45) is 11.3 Å². The Labute approximate surface area is 107 Å². The van der Waals surface area contributed by atoms with Crippen molar-refractivity contribution in [3.63, 3.8) is 0 Å². The molecule has 0 amide bonds. The Kier molecular flexibility index (Phi) is 3.42. The van der Waals surface area contributed by atoms with Crippen LogP contribution in [0.3, 0.4) is 0 Å². The summed E-state index contributed by atoms with van der Waals surface area (Å²) in [6.07, 6.45) is 0. The Balaban J connectivity index is 3.13. The molecule has 1 aliphatic carbocycles. The first-order chi connectivity index (χ1) is 6.17. The number of hydrogen-bond acceptors (Lipinski definition) is 1. The first kappa shape index (κ1) is 12.9. The highest BCUT2D eigenvalue weighted by molar-refractivity contribution is 6.67. The van der Waals surface area contributed by atoms with E-state index in [-0.39, 0.29) is 9.52 Å². The number of alkyl halides is 1. The minimum atomic E-state index is -1.06. The van der Waals surface area contributed by atoms with Crippen LogP contribution in [0.4, 0.5) is 0 Å². The third-order valence-electron chi connectivity index (χ3n) is 2.69. The lowest BCUT2D eigenvalue weighted by atomic mass is 10.1. The molecule has 0 aromatic rings. The van der Waals surface area contributed by atoms with Crippen LogP contribution in [0.2, 0.25) is 0 Å². The molecule has 0 unspecified atom stereocenters. The van der Waals surface area contributed by atoms with Gasteiger partial charge in [-0.2, -0.15) is 0 Å². The van der Waals surface area contributed by atoms with Crippen molar-refractivity contribution in [3.05, 3.63) is 9.52 Å². The summed E-state index contributed by atoms with van der Waals surface area (Å²) in [6.45, 7) is 3.56. The van der Waals surface area contributed by atoms with Gasteiger partial charge in [-0.25, -0.2) is 0 Å². The molecule has 0 bridgehead atoms. The van der Waals surface area contributed by atoms with E-state index in [1.54, 1.807) is 13.8 Å². The molecule has 2 atom stereocenters. The van der Waals surface area contributed by atoms with Crippen LogP contribution in [0.25, 0.3) is 0 Å². The number of carbonyl (C=O) groups is 1. The van der Waals surface area contributed by atoms with Gasteiger partial charge in [0.05, 0.1) is 15.8 Å². The van der Waals surface area contributed by atoms with Gasteiger partial charge in [0, 0.05) is 5.41 Å². The van der Waals surface area contributed by atoms with Crippen LogP contribution < -0.4 is 0 Å². The fraction of sp³-hybridized carbons (Fsp3) is 0.625. The maximum atomic E-state index is 11.1. The number of rotatable bonds is 2. The number of allylic oxidation sites excluding steroid dienone is 1. The summed E-state index contributed by atoms with van der Waals surface area (Å²) in [7, 11) is 0. The average Bonchev–Trinajstić information content (AvgIpc) is 2.45. The van der Waals surface area contributed by atoms with Crippen molar-refractivity contribution in [3.8, 4) is 0 Å². The molecule has 80 valence electrons. The second kappa shape index (κ2) is 3.71. The van der Waals surface area contributed by atoms with E-state index in [1.165, 1.54) is 0 Å². The maximum absolute atomic E-state index is 11.1. The lowest BCUT2D eigenvalue weighted by Gasteiger charge is -2.10. The summed E-state index contributed by atoms with van der Waals surface area (Å²) in [5, 5.41) is -0.454. The Morgan fingerprint density at radius 2 is 1.57 bits per heavy atom. The number of hydrogen-bond donors (Lipinski definition) is 0. The maximum Gasteiger partial charge on any atom is 0.227 e. The minimum Gasteiger partial charge on any atom is -0.281 e. The van der Waals surface area contributed by atoms with Gasteiger partial charge in [0.25, 0.3) is 0 Å². The summed E-state index contributed by atoms with van der Waals surface area (Å²) in [5.74, 6) is -0.557. The van der Waals surface area contributed by atoms with Crippen LogP contribution in [0, 0.1) is 11.3 Å². The van der Waals surface area contributed by atoms with Crippen LogP contribution >= 0.6 is 58.0 Å². The van der Waals surface area contributed by atoms with E-state index in [1.807, 2.05) is 0 Å². The lowest BCUT2D eigenvalue weighted by molar-refractivity contribution is -0.113. The summed E-state index contributed by atoms with van der Waals surface area (Å²) < 4.78 is -0.129. The fourth-order valence-corrected chi connectivity index (χ4v) is 3.46. The Morgan fingerprint density at radius 3 is 1.79 bits per heavy atom. The van der Waals surface area contributed by atoms with E-state index in [0.717, 1.165) is 0 Å². The van der Waals surface area contributed by atoms with Gasteiger partial charge in [-0.1, -0.05) is 48.7 Å². The Hall–Kier alpha value is 0.860. The summed E-state index contributed by atoms with van der Waals surface area (Å²) in [4.78, 5) is 10.0. The molecule has 0 aliphatic heterocycles. The first-order valence-electron chi connectivity index (χ1n) is 3.77. The van der Waals surface area contributed by atoms with Crippen molar-refractivity contribution < 1.29 is 4.79 Å². The van der Waals surface area contributed by atoms with Crippen molar-refractivity contribution in [1.82, 2.24) is 0 Å². The molecule has 14 heavy (non-hydrogen) atoms. The molecular formula is C8H7Cl5O. The SMILES string of the molecule is CC1(C)[C@@H](C(=O)Cl)[C@@]1(Cl)C(Cl)=C(Cl)Cl. The van der Waals surface area contributed by atoms with Gasteiger partial charge < -0.3 is 0 Å². The van der Waals surface area contributed by atoms with E-state index in [4.69, 9.17) is 58.0 Å². The molecule has 1 fully saturated rings. The second-order valence-electron chi connectivity index (χ2n) is 3.74. The van der Waals surface area contributed by atoms with Crippen molar-refractivity contribution in [1.29, 1.82) is 0 Å². The highest BCUT2D eigenvalue weighted by Crippen LogP contribution is 2.71. The van der Waals surface area contributed by atoms with Gasteiger partial charge in [-0.05, 0) is 11.6 Å². The molecular weight excluding hydrogens is 289 g/mol. The Bertz CT molecular complexity index is 318. The van der Waals surface area contributed by atoms with Gasteiger partial charge in [-0.3, -0.25) is 4.79 Å². The van der Waals surface area contributed by atoms with Crippen LogP contribution in [-0.2, 0) is 4.79 Å². The van der Waals surface area contributed by atoms with Crippen molar-refractivity contribution >= 4 is 63.2 Å². The van der Waals surface area contributed by atoms with E-state index in [0.29, 0.717) is 0 Å². The molecule has 0 N–H and O–H groups in total. The molecule has 0 aromatic carbocycles. The highest BCUT2D eigenvalue weighted by atomic mass is 35.5. The lowest BCUT2D eigenvalue weighted by Crippen LogP contribution is -2.10. The number of carbonyl (C=O) groups excluding carboxylic acids is 1. The van der Waals surface area contributed by atoms with Gasteiger partial charge in [0.2, 0.25) is 5.24 Å². The molecule has 0 spiro atoms. The van der Waals surface area contributed by atoms with Crippen LogP contribution in [0.15, 0.2) is 9.52 Å². The molecule has 0 heterocycles. The standard InChI is InChI=1S/C8H7Cl5O/c1-7(2)3(6(12)14)8(7,13)4(9)5(10)11/h3H,1-2H3/t3-,8-/m1/s1. The monoisotopic (exact) mass is 294 g/mol. The van der Waals surface area contributed by atoms with Crippen LogP contribution in [-0.4, -0.2) is 10.1 Å². The zero-order valence-corrected chi connectivity index (χ0v) is 11.2. The predicted molar refractivity (Wildman–Crippen MR) is 61.3 cm³/mol. The normalized spacial score (nSPS) is 33.8. The van der Waals surface area contributed by atoms with Crippen LogP contribution in [0.1, 0.15) is 13.8 Å². The Morgan fingerprint density at radius 1 is 1.14 bits per heavy atom. The smallest absolute Gasteiger partial charge is 0.227 e. The molecule has 1 saturated carbocycles. The molecule has 0 saturated heterocycles. The molecule has 1 rings (SSSR count). The molecule has 6 heteroatoms. The number of halogens is 5. The van der Waals surface area contributed by atoms with Gasteiger partial charge >= 0.3 is 0 Å². The summed E-state index contributed by atoms with van der Waals surface area (Å²) in [6, 6.07) is 0. The molecule has 0 radical (unpaired) electrons. The van der Waals surface area contributed by atoms with Crippen molar-refractivity contribution in [2.45, 2.75) is 18.7 Å². The van der Waals surface area contributed by atoms with E-state index in [9.17, 15) is 4.79 Å². The topological polar surface area (TPSA) is 17.1 Å². The second-order valence-corrected chi connectivity index (χ2v) is 6.04. The van der Waals surface area contributed by atoms with E-state index in [2.05, 4.69) is 0 Å². The fourth-order valence-electron chi connectivity index (χ4n) is 1.70.